The first-order valence-corrected chi connectivity index (χ1v) is 3.34. The van der Waals surface area contributed by atoms with Gasteiger partial charge in [-0.2, -0.15) is 0 Å². The quantitative estimate of drug-likeness (QED) is 0.593. The van der Waals surface area contributed by atoms with Crippen molar-refractivity contribution in [1.82, 2.24) is 0 Å². The Morgan fingerprint density at radius 3 is 2.11 bits per heavy atom. The maximum Gasteiger partial charge on any atom is 0.0482 e. The number of hydrogen-bond donors (Lipinski definition) is 2. The van der Waals surface area contributed by atoms with Gasteiger partial charge >= 0.3 is 0 Å². The minimum atomic E-state index is -0.00579. The molecule has 9 heavy (non-hydrogen) atoms. The van der Waals surface area contributed by atoms with E-state index >= 15 is 0 Å². The summed E-state index contributed by atoms with van der Waals surface area (Å²) >= 11 is 0. The Labute approximate surface area is 57.1 Å². The van der Waals surface area contributed by atoms with Crippen molar-refractivity contribution >= 4 is 0 Å². The van der Waals surface area contributed by atoms with Crippen LogP contribution in [0.15, 0.2) is 0 Å². The molecule has 0 bridgehead atoms. The summed E-state index contributed by atoms with van der Waals surface area (Å²) in [5, 5.41) is 8.79. The molecule has 0 aliphatic carbocycles. The fourth-order valence-electron chi connectivity index (χ4n) is 0.936. The molecule has 0 fully saturated rings. The predicted molar refractivity (Wildman–Crippen MR) is 39.1 cm³/mol. The molecule has 0 spiro atoms. The van der Waals surface area contributed by atoms with Crippen molar-refractivity contribution in [3.8, 4) is 0 Å². The second-order valence-corrected chi connectivity index (χ2v) is 3.50. The van der Waals surface area contributed by atoms with Crippen LogP contribution in [-0.2, 0) is 0 Å². The Bertz CT molecular complexity index is 79.0. The lowest BCUT2D eigenvalue weighted by Crippen LogP contribution is -2.27. The van der Waals surface area contributed by atoms with E-state index in [4.69, 9.17) is 10.8 Å². The molecule has 0 aromatic heterocycles. The number of rotatable bonds is 3. The summed E-state index contributed by atoms with van der Waals surface area (Å²) in [5.74, 6) is 0. The van der Waals surface area contributed by atoms with E-state index in [0.717, 1.165) is 6.42 Å². The summed E-state index contributed by atoms with van der Waals surface area (Å²) in [6, 6.07) is 0.187. The molecule has 56 valence electrons. The fraction of sp³-hybridized carbons (Fsp3) is 1.00. The second kappa shape index (κ2) is 3.18. The predicted octanol–water partition coefficient (Wildman–Crippen LogP) is 0.742. The lowest BCUT2D eigenvalue weighted by molar-refractivity contribution is 0.144. The monoisotopic (exact) mass is 131 g/mol. The maximum absolute atomic E-state index is 8.79. The molecule has 0 heterocycles. The van der Waals surface area contributed by atoms with Gasteiger partial charge in [-0.05, 0) is 18.8 Å². The first kappa shape index (κ1) is 8.92. The highest BCUT2D eigenvalue weighted by Crippen LogP contribution is 2.19. The second-order valence-electron chi connectivity index (χ2n) is 3.50. The Morgan fingerprint density at radius 2 is 2.00 bits per heavy atom. The molecule has 0 aromatic carbocycles. The Morgan fingerprint density at radius 1 is 1.56 bits per heavy atom. The van der Waals surface area contributed by atoms with Gasteiger partial charge in [-0.3, -0.25) is 0 Å². The molecule has 0 saturated heterocycles. The van der Waals surface area contributed by atoms with Gasteiger partial charge in [-0.25, -0.2) is 0 Å². The molecule has 0 aromatic rings. The summed E-state index contributed by atoms with van der Waals surface area (Å²) in [6.45, 7) is 6.19. The van der Waals surface area contributed by atoms with Crippen molar-refractivity contribution in [3.05, 3.63) is 0 Å². The van der Waals surface area contributed by atoms with Gasteiger partial charge in [0.1, 0.15) is 0 Å². The zero-order valence-electron chi connectivity index (χ0n) is 6.52. The van der Waals surface area contributed by atoms with E-state index < -0.39 is 0 Å². The SMILES string of the molecule is CC(N)CC(C)(C)CO. The van der Waals surface area contributed by atoms with E-state index in [2.05, 4.69) is 0 Å². The normalized spacial score (nSPS) is 15.7. The van der Waals surface area contributed by atoms with E-state index in [9.17, 15) is 0 Å². The van der Waals surface area contributed by atoms with Gasteiger partial charge < -0.3 is 10.8 Å². The Kier molecular flexibility index (Phi) is 3.15. The average molecular weight is 131 g/mol. The molecule has 0 rings (SSSR count). The molecule has 0 radical (unpaired) electrons. The largest absolute Gasteiger partial charge is 0.396 e. The third-order valence-corrected chi connectivity index (χ3v) is 1.30. The number of hydrogen-bond acceptors (Lipinski definition) is 2. The molecule has 0 aliphatic heterocycles. The summed E-state index contributed by atoms with van der Waals surface area (Å²) in [6.07, 6.45) is 0.878. The van der Waals surface area contributed by atoms with Gasteiger partial charge in [0.05, 0.1) is 0 Å². The van der Waals surface area contributed by atoms with Crippen LogP contribution in [0.2, 0.25) is 0 Å². The van der Waals surface area contributed by atoms with Crippen molar-refractivity contribution in [2.45, 2.75) is 33.2 Å². The summed E-state index contributed by atoms with van der Waals surface area (Å²) in [5.41, 5.74) is 5.54. The first-order chi connectivity index (χ1) is 3.98. The number of aliphatic hydroxyl groups excluding tert-OH is 1. The van der Waals surface area contributed by atoms with Crippen LogP contribution in [0.1, 0.15) is 27.2 Å². The maximum atomic E-state index is 8.79. The van der Waals surface area contributed by atoms with Crippen LogP contribution in [0.3, 0.4) is 0 Å². The third kappa shape index (κ3) is 4.43. The minimum absolute atomic E-state index is 0.00579. The molecule has 1 unspecified atom stereocenters. The van der Waals surface area contributed by atoms with Crippen molar-refractivity contribution in [3.63, 3.8) is 0 Å². The molecule has 0 amide bonds. The molecule has 0 saturated carbocycles. The van der Waals surface area contributed by atoms with Gasteiger partial charge in [-0.15, -0.1) is 0 Å². The molecule has 1 atom stereocenters. The lowest BCUT2D eigenvalue weighted by atomic mass is 9.87. The Hall–Kier alpha value is -0.0800. The van der Waals surface area contributed by atoms with Crippen LogP contribution in [0.25, 0.3) is 0 Å². The van der Waals surface area contributed by atoms with Gasteiger partial charge in [0.25, 0.3) is 0 Å². The smallest absolute Gasteiger partial charge is 0.0482 e. The molecule has 2 nitrogen and oxygen atoms in total. The van der Waals surface area contributed by atoms with Crippen LogP contribution in [-0.4, -0.2) is 17.8 Å². The molecular weight excluding hydrogens is 114 g/mol. The third-order valence-electron chi connectivity index (χ3n) is 1.30. The molecule has 2 heteroatoms. The van der Waals surface area contributed by atoms with Gasteiger partial charge in [0.15, 0.2) is 0 Å². The highest BCUT2D eigenvalue weighted by Gasteiger charge is 2.17. The van der Waals surface area contributed by atoms with E-state index in [1.807, 2.05) is 20.8 Å². The van der Waals surface area contributed by atoms with E-state index in [0.29, 0.717) is 0 Å². The first-order valence-electron chi connectivity index (χ1n) is 3.34. The van der Waals surface area contributed by atoms with Crippen molar-refractivity contribution in [2.24, 2.45) is 11.1 Å². The Balaban J connectivity index is 3.58. The van der Waals surface area contributed by atoms with Gasteiger partial charge in [0.2, 0.25) is 0 Å². The van der Waals surface area contributed by atoms with Crippen molar-refractivity contribution in [1.29, 1.82) is 0 Å². The van der Waals surface area contributed by atoms with Crippen molar-refractivity contribution < 1.29 is 5.11 Å². The van der Waals surface area contributed by atoms with Crippen LogP contribution in [0, 0.1) is 5.41 Å². The van der Waals surface area contributed by atoms with Crippen molar-refractivity contribution in [2.75, 3.05) is 6.61 Å². The minimum Gasteiger partial charge on any atom is -0.396 e. The van der Waals surface area contributed by atoms with E-state index in [1.165, 1.54) is 0 Å². The highest BCUT2D eigenvalue weighted by molar-refractivity contribution is 4.71. The zero-order valence-corrected chi connectivity index (χ0v) is 6.52. The van der Waals surface area contributed by atoms with Gasteiger partial charge in [0, 0.05) is 12.6 Å². The average Bonchev–Trinajstić information content (AvgIpc) is 1.63. The van der Waals surface area contributed by atoms with E-state index in [-0.39, 0.29) is 18.1 Å². The number of aliphatic hydroxyl groups is 1. The number of nitrogens with two attached hydrogens (primary N) is 1. The highest BCUT2D eigenvalue weighted by atomic mass is 16.3. The molecule has 0 aliphatic rings. The van der Waals surface area contributed by atoms with Crippen LogP contribution in [0.4, 0.5) is 0 Å². The van der Waals surface area contributed by atoms with E-state index in [1.54, 1.807) is 0 Å². The summed E-state index contributed by atoms with van der Waals surface area (Å²) < 4.78 is 0. The summed E-state index contributed by atoms with van der Waals surface area (Å²) in [4.78, 5) is 0. The lowest BCUT2D eigenvalue weighted by Gasteiger charge is -2.23. The summed E-state index contributed by atoms with van der Waals surface area (Å²) in [7, 11) is 0. The standard InChI is InChI=1S/C7H17NO/c1-6(8)4-7(2,3)5-9/h6,9H,4-5,8H2,1-3H3. The van der Waals surface area contributed by atoms with Crippen LogP contribution in [0.5, 0.6) is 0 Å². The fourth-order valence-corrected chi connectivity index (χ4v) is 0.936. The molecule has 3 N–H and O–H groups in total. The van der Waals surface area contributed by atoms with Gasteiger partial charge in [-0.1, -0.05) is 13.8 Å². The topological polar surface area (TPSA) is 46.2 Å². The van der Waals surface area contributed by atoms with Crippen LogP contribution < -0.4 is 5.73 Å². The zero-order chi connectivity index (χ0) is 7.49. The molecular formula is C7H17NO. The van der Waals surface area contributed by atoms with Crippen LogP contribution >= 0.6 is 0 Å².